The monoisotopic (exact) mass is 391 g/mol. The smallest absolute Gasteiger partial charge is 0.341 e. The zero-order valence-corrected chi connectivity index (χ0v) is 15.8. The third kappa shape index (κ3) is 4.14. The molecule has 0 spiro atoms. The molecule has 0 bridgehead atoms. The highest BCUT2D eigenvalue weighted by atomic mass is 35.5. The quantitative estimate of drug-likeness (QED) is 0.610. The number of hydrogen-bond donors (Lipinski definition) is 1. The fourth-order valence-corrected chi connectivity index (χ4v) is 4.40. The molecule has 1 amide bonds. The number of halogens is 1. The molecule has 0 saturated carbocycles. The molecule has 1 aliphatic rings. The largest absolute Gasteiger partial charge is 0.454 e. The molecule has 136 valence electrons. The minimum absolute atomic E-state index is 0.241. The van der Waals surface area contributed by atoms with E-state index in [1.165, 1.54) is 18.3 Å². The lowest BCUT2D eigenvalue weighted by Crippen LogP contribution is -2.17. The Morgan fingerprint density at radius 2 is 1.85 bits per heavy atom. The second-order valence-electron chi connectivity index (χ2n) is 6.10. The van der Waals surface area contributed by atoms with E-state index in [1.54, 1.807) is 24.3 Å². The molecule has 3 rings (SSSR count). The summed E-state index contributed by atoms with van der Waals surface area (Å²) in [4.78, 5) is 37.4. The highest BCUT2D eigenvalue weighted by Gasteiger charge is 2.27. The van der Waals surface area contributed by atoms with Crippen LogP contribution in [0.2, 0.25) is 5.02 Å². The first-order valence-corrected chi connectivity index (χ1v) is 9.53. The van der Waals surface area contributed by atoms with E-state index in [2.05, 4.69) is 5.32 Å². The van der Waals surface area contributed by atoms with Crippen molar-refractivity contribution < 1.29 is 19.1 Å². The van der Waals surface area contributed by atoms with Gasteiger partial charge < -0.3 is 10.1 Å². The third-order valence-electron chi connectivity index (χ3n) is 4.17. The summed E-state index contributed by atoms with van der Waals surface area (Å²) in [5.74, 6) is -1.12. The van der Waals surface area contributed by atoms with E-state index in [0.29, 0.717) is 21.2 Å². The maximum Gasteiger partial charge on any atom is 0.341 e. The number of amides is 1. The second-order valence-corrected chi connectivity index (χ2v) is 7.64. The molecular weight excluding hydrogens is 374 g/mol. The molecule has 5 nitrogen and oxygen atoms in total. The number of ether oxygens (including phenoxy) is 1. The number of nitrogens with one attached hydrogen (secondary N) is 1. The third-order valence-corrected chi connectivity index (χ3v) is 5.62. The number of aryl methyl sites for hydroxylation is 1. The maximum absolute atomic E-state index is 12.6. The number of carbonyl (C=O) groups excluding carboxylic acids is 3. The van der Waals surface area contributed by atoms with Crippen LogP contribution in [0.15, 0.2) is 24.3 Å². The highest BCUT2D eigenvalue weighted by molar-refractivity contribution is 7.17. The van der Waals surface area contributed by atoms with Crippen LogP contribution in [0.5, 0.6) is 0 Å². The topological polar surface area (TPSA) is 72.5 Å². The van der Waals surface area contributed by atoms with Gasteiger partial charge in [-0.25, -0.2) is 4.79 Å². The van der Waals surface area contributed by atoms with E-state index < -0.39 is 5.97 Å². The van der Waals surface area contributed by atoms with Crippen molar-refractivity contribution in [2.75, 3.05) is 11.9 Å². The first-order valence-electron chi connectivity index (χ1n) is 8.33. The number of benzene rings is 1. The van der Waals surface area contributed by atoms with Crippen molar-refractivity contribution in [2.24, 2.45) is 0 Å². The summed E-state index contributed by atoms with van der Waals surface area (Å²) in [6.07, 6.45) is 3.73. The predicted octanol–water partition coefficient (Wildman–Crippen LogP) is 4.28. The average Bonchev–Trinajstić information content (AvgIpc) is 2.97. The number of anilines is 1. The summed E-state index contributed by atoms with van der Waals surface area (Å²) >= 11 is 7.23. The highest BCUT2D eigenvalue weighted by Crippen LogP contribution is 2.38. The Labute approximate surface area is 160 Å². The Hall–Kier alpha value is -2.18. The number of Topliss-reactive ketones (excluding diaryl/α,β-unsaturated/α-hetero) is 1. The molecular formula is C19H18ClNO4S. The summed E-state index contributed by atoms with van der Waals surface area (Å²) in [5, 5.41) is 3.75. The van der Waals surface area contributed by atoms with Crippen LogP contribution < -0.4 is 5.32 Å². The van der Waals surface area contributed by atoms with Gasteiger partial charge in [-0.05, 0) is 55.5 Å². The molecule has 0 fully saturated rings. The standard InChI is InChI=1S/C19H18ClNO4S/c1-11(22)21-18-17(14-4-2-3-5-16(14)26-18)19(24)25-10-15(23)12-6-8-13(20)9-7-12/h6-9H,2-5,10H2,1H3,(H,21,22). The van der Waals surface area contributed by atoms with E-state index in [0.717, 1.165) is 36.1 Å². The molecule has 1 heterocycles. The van der Waals surface area contributed by atoms with Gasteiger partial charge in [-0.2, -0.15) is 0 Å². The van der Waals surface area contributed by atoms with E-state index in [-0.39, 0.29) is 18.3 Å². The lowest BCUT2D eigenvalue weighted by molar-refractivity contribution is -0.114. The SMILES string of the molecule is CC(=O)Nc1sc2c(c1C(=O)OCC(=O)c1ccc(Cl)cc1)CCCC2. The van der Waals surface area contributed by atoms with Crippen LogP contribution >= 0.6 is 22.9 Å². The number of ketones is 1. The molecule has 0 radical (unpaired) electrons. The fraction of sp³-hybridized carbons (Fsp3) is 0.316. The van der Waals surface area contributed by atoms with Gasteiger partial charge in [0.25, 0.3) is 0 Å². The van der Waals surface area contributed by atoms with Crippen LogP contribution in [-0.4, -0.2) is 24.3 Å². The maximum atomic E-state index is 12.6. The molecule has 0 unspecified atom stereocenters. The Morgan fingerprint density at radius 3 is 2.54 bits per heavy atom. The van der Waals surface area contributed by atoms with Crippen molar-refractivity contribution in [3.63, 3.8) is 0 Å². The number of carbonyl (C=O) groups is 3. The van der Waals surface area contributed by atoms with Crippen LogP contribution in [0, 0.1) is 0 Å². The first-order chi connectivity index (χ1) is 12.5. The lowest BCUT2D eigenvalue weighted by Gasteiger charge is -2.12. The van der Waals surface area contributed by atoms with Crippen LogP contribution in [0.4, 0.5) is 5.00 Å². The van der Waals surface area contributed by atoms with Gasteiger partial charge in [0.15, 0.2) is 12.4 Å². The molecule has 26 heavy (non-hydrogen) atoms. The van der Waals surface area contributed by atoms with Crippen LogP contribution in [0.3, 0.4) is 0 Å². The van der Waals surface area contributed by atoms with E-state index in [1.807, 2.05) is 0 Å². The van der Waals surface area contributed by atoms with Gasteiger partial charge in [0.1, 0.15) is 5.00 Å². The van der Waals surface area contributed by atoms with E-state index >= 15 is 0 Å². The Morgan fingerprint density at radius 1 is 1.15 bits per heavy atom. The average molecular weight is 392 g/mol. The Balaban J connectivity index is 1.76. The van der Waals surface area contributed by atoms with Gasteiger partial charge in [-0.15, -0.1) is 11.3 Å². The van der Waals surface area contributed by atoms with Crippen molar-refractivity contribution in [3.05, 3.63) is 50.9 Å². The van der Waals surface area contributed by atoms with Gasteiger partial charge in [-0.3, -0.25) is 9.59 Å². The van der Waals surface area contributed by atoms with Crippen LogP contribution in [0.25, 0.3) is 0 Å². The molecule has 0 atom stereocenters. The van der Waals surface area contributed by atoms with Crippen LogP contribution in [0.1, 0.15) is 50.9 Å². The summed E-state index contributed by atoms with van der Waals surface area (Å²) in [6.45, 7) is 1.04. The number of rotatable bonds is 5. The summed E-state index contributed by atoms with van der Waals surface area (Å²) in [6, 6.07) is 6.41. The second kappa shape index (κ2) is 8.01. The Kier molecular flexibility index (Phi) is 5.74. The zero-order chi connectivity index (χ0) is 18.7. The minimum atomic E-state index is -0.574. The van der Waals surface area contributed by atoms with Crippen molar-refractivity contribution in [3.8, 4) is 0 Å². The molecule has 1 aliphatic carbocycles. The van der Waals surface area contributed by atoms with Gasteiger partial charge >= 0.3 is 5.97 Å². The number of esters is 1. The van der Waals surface area contributed by atoms with Crippen molar-refractivity contribution in [2.45, 2.75) is 32.6 Å². The molecule has 7 heteroatoms. The number of fused-ring (bicyclic) bond motifs is 1. The molecule has 0 saturated heterocycles. The zero-order valence-electron chi connectivity index (χ0n) is 14.3. The summed E-state index contributed by atoms with van der Waals surface area (Å²) < 4.78 is 5.26. The predicted molar refractivity (Wildman–Crippen MR) is 101 cm³/mol. The van der Waals surface area contributed by atoms with Crippen molar-refractivity contribution in [1.82, 2.24) is 0 Å². The van der Waals surface area contributed by atoms with Gasteiger partial charge in [0, 0.05) is 22.4 Å². The molecule has 2 aromatic rings. The molecule has 1 N–H and O–H groups in total. The first kappa shape index (κ1) is 18.6. The molecule has 1 aromatic carbocycles. The number of hydrogen-bond acceptors (Lipinski definition) is 5. The fourth-order valence-electron chi connectivity index (χ4n) is 2.95. The lowest BCUT2D eigenvalue weighted by atomic mass is 9.95. The molecule has 0 aliphatic heterocycles. The van der Waals surface area contributed by atoms with Gasteiger partial charge in [0.05, 0.1) is 5.56 Å². The minimum Gasteiger partial charge on any atom is -0.454 e. The van der Waals surface area contributed by atoms with E-state index in [9.17, 15) is 14.4 Å². The molecule has 1 aromatic heterocycles. The Bertz CT molecular complexity index is 857. The van der Waals surface area contributed by atoms with Crippen molar-refractivity contribution >= 4 is 45.6 Å². The van der Waals surface area contributed by atoms with Crippen LogP contribution in [-0.2, 0) is 22.4 Å². The summed E-state index contributed by atoms with van der Waals surface area (Å²) in [7, 11) is 0. The summed E-state index contributed by atoms with van der Waals surface area (Å²) in [5.41, 5.74) is 1.76. The van der Waals surface area contributed by atoms with E-state index in [4.69, 9.17) is 16.3 Å². The van der Waals surface area contributed by atoms with Gasteiger partial charge in [0.2, 0.25) is 5.91 Å². The van der Waals surface area contributed by atoms with Crippen molar-refractivity contribution in [1.29, 1.82) is 0 Å². The number of thiophene rings is 1. The normalized spacial score (nSPS) is 13.0. The van der Waals surface area contributed by atoms with Gasteiger partial charge in [-0.1, -0.05) is 11.6 Å².